The summed E-state index contributed by atoms with van der Waals surface area (Å²) in [6.07, 6.45) is 0. The molecule has 0 unspecified atom stereocenters. The van der Waals surface area contributed by atoms with Crippen molar-refractivity contribution in [2.24, 2.45) is 0 Å². The van der Waals surface area contributed by atoms with E-state index in [0.29, 0.717) is 11.5 Å². The molecule has 0 aliphatic rings. The van der Waals surface area contributed by atoms with Gasteiger partial charge in [-0.05, 0) is 24.3 Å². The van der Waals surface area contributed by atoms with Crippen LogP contribution in [0.3, 0.4) is 0 Å². The van der Waals surface area contributed by atoms with Crippen LogP contribution in [0, 0.1) is 0 Å². The Morgan fingerprint density at radius 2 is 1.00 bits per heavy atom. The summed E-state index contributed by atoms with van der Waals surface area (Å²) < 4.78 is 0. The third kappa shape index (κ3) is 4.17. The van der Waals surface area contributed by atoms with E-state index in [9.17, 15) is 0 Å². The van der Waals surface area contributed by atoms with Gasteiger partial charge in [0.15, 0.2) is 11.5 Å². The molecule has 16 heavy (non-hydrogen) atoms. The van der Waals surface area contributed by atoms with Gasteiger partial charge in [-0.1, -0.05) is 36.4 Å². The Kier molecular flexibility index (Phi) is 5.83. The molecule has 0 aliphatic heterocycles. The minimum absolute atomic E-state index is 0. The monoisotopic (exact) mass is 291 g/mol. The molecule has 0 bridgehead atoms. The smallest absolute Gasteiger partial charge is 0.151 e. The van der Waals surface area contributed by atoms with E-state index in [1.54, 1.807) is 0 Å². The number of hydrogen-bond acceptors (Lipinski definition) is 3. The van der Waals surface area contributed by atoms with Gasteiger partial charge in [-0.15, -0.1) is 0 Å². The Labute approximate surface area is 113 Å². The van der Waals surface area contributed by atoms with Gasteiger partial charge in [0.1, 0.15) is 0 Å². The number of nitrogens with one attached hydrogen (secondary N) is 1. The van der Waals surface area contributed by atoms with Gasteiger partial charge in [0.25, 0.3) is 0 Å². The molecule has 80 valence electrons. The fraction of sp³-hybridized carbons (Fsp3) is 0. The first-order chi connectivity index (χ1) is 7.45. The fourth-order valence-electron chi connectivity index (χ4n) is 1.09. The zero-order valence-corrected chi connectivity index (χ0v) is 11.0. The van der Waals surface area contributed by atoms with Crippen molar-refractivity contribution in [1.82, 2.24) is 5.64 Å². The van der Waals surface area contributed by atoms with Gasteiger partial charge in [-0.3, -0.25) is 0 Å². The number of benzene rings is 2. The number of para-hydroxylation sites is 2. The van der Waals surface area contributed by atoms with E-state index in [1.807, 2.05) is 60.7 Å². The molecule has 2 rings (SSSR count). The van der Waals surface area contributed by atoms with Crippen molar-refractivity contribution in [2.45, 2.75) is 0 Å². The quantitative estimate of drug-likeness (QED) is 0.879. The molecule has 3 nitrogen and oxygen atoms in total. The molecule has 2 aromatic rings. The second kappa shape index (κ2) is 7.21. The Morgan fingerprint density at radius 1 is 0.625 bits per heavy atom. The average molecular weight is 292 g/mol. The van der Waals surface area contributed by atoms with Crippen molar-refractivity contribution in [3.63, 3.8) is 0 Å². The maximum atomic E-state index is 5.14. The number of hydrogen-bond donors (Lipinski definition) is 1. The molecule has 0 saturated heterocycles. The maximum absolute atomic E-state index is 5.14. The summed E-state index contributed by atoms with van der Waals surface area (Å²) in [5, 5.41) is 0. The predicted molar refractivity (Wildman–Crippen MR) is 57.3 cm³/mol. The van der Waals surface area contributed by atoms with Gasteiger partial charge in [0.2, 0.25) is 0 Å². The van der Waals surface area contributed by atoms with Crippen LogP contribution < -0.4 is 15.3 Å². The second-order valence-electron chi connectivity index (χ2n) is 2.91. The third-order valence-electron chi connectivity index (χ3n) is 1.81. The van der Waals surface area contributed by atoms with Crippen LogP contribution in [-0.2, 0) is 26.2 Å². The van der Waals surface area contributed by atoms with E-state index in [2.05, 4.69) is 5.64 Å². The number of rotatable bonds is 4. The first-order valence-corrected chi connectivity index (χ1v) is 4.64. The molecule has 1 N–H and O–H groups in total. The summed E-state index contributed by atoms with van der Waals surface area (Å²) in [4.78, 5) is 10.3. The third-order valence-corrected chi connectivity index (χ3v) is 1.81. The molecule has 0 aromatic heterocycles. The van der Waals surface area contributed by atoms with Crippen molar-refractivity contribution < 1.29 is 35.9 Å². The Hall–Kier alpha value is -1.12. The van der Waals surface area contributed by atoms with Gasteiger partial charge in [-0.25, -0.2) is 0 Å². The fourth-order valence-corrected chi connectivity index (χ4v) is 1.09. The predicted octanol–water partition coefficient (Wildman–Crippen LogP) is 2.56. The van der Waals surface area contributed by atoms with E-state index in [0.717, 1.165) is 0 Å². The molecule has 0 fully saturated rings. The molecule has 0 spiro atoms. The van der Waals surface area contributed by atoms with Gasteiger partial charge < -0.3 is 9.68 Å². The Morgan fingerprint density at radius 3 is 1.38 bits per heavy atom. The van der Waals surface area contributed by atoms with E-state index in [1.165, 1.54) is 0 Å². The van der Waals surface area contributed by atoms with Gasteiger partial charge in [0.05, 0.1) is 0 Å². The summed E-state index contributed by atoms with van der Waals surface area (Å²) in [5.41, 5.74) is 2.42. The van der Waals surface area contributed by atoms with Gasteiger partial charge >= 0.3 is 0 Å². The standard InChI is InChI=1S/C12H11NO2.Zr/c1-3-7-11(8-4-1)14-13-15-12-9-5-2-6-10-12;/h1-10,13H;. The van der Waals surface area contributed by atoms with Crippen LogP contribution in [0.1, 0.15) is 0 Å². The van der Waals surface area contributed by atoms with E-state index >= 15 is 0 Å². The summed E-state index contributed by atoms with van der Waals surface area (Å²) in [6.45, 7) is 0. The molecular weight excluding hydrogens is 281 g/mol. The first-order valence-electron chi connectivity index (χ1n) is 4.64. The summed E-state index contributed by atoms with van der Waals surface area (Å²) in [5.74, 6) is 1.40. The van der Waals surface area contributed by atoms with Crippen LogP contribution in [-0.4, -0.2) is 0 Å². The average Bonchev–Trinajstić information content (AvgIpc) is 2.32. The van der Waals surface area contributed by atoms with Crippen LogP contribution in [0.15, 0.2) is 60.7 Å². The Bertz CT molecular complexity index is 355. The maximum Gasteiger partial charge on any atom is 0.151 e. The molecular formula is C12H11NO2Zr. The van der Waals surface area contributed by atoms with Gasteiger partial charge in [-0.2, -0.15) is 0 Å². The summed E-state index contributed by atoms with van der Waals surface area (Å²) in [7, 11) is 0. The first kappa shape index (κ1) is 13.0. The molecule has 0 heterocycles. The van der Waals surface area contributed by atoms with Gasteiger partial charge in [0, 0.05) is 31.8 Å². The van der Waals surface area contributed by atoms with Crippen LogP contribution in [0.4, 0.5) is 0 Å². The van der Waals surface area contributed by atoms with E-state index in [4.69, 9.17) is 9.68 Å². The minimum Gasteiger partial charge on any atom is -0.374 e. The van der Waals surface area contributed by atoms with Crippen LogP contribution >= 0.6 is 0 Å². The molecule has 0 amide bonds. The molecule has 0 atom stereocenters. The van der Waals surface area contributed by atoms with E-state index in [-0.39, 0.29) is 26.2 Å². The Balaban J connectivity index is 0.00000128. The van der Waals surface area contributed by atoms with Crippen molar-refractivity contribution in [3.05, 3.63) is 60.7 Å². The largest absolute Gasteiger partial charge is 0.374 e. The molecule has 4 heteroatoms. The minimum atomic E-state index is 0. The molecule has 2 aromatic carbocycles. The van der Waals surface area contributed by atoms with Crippen LogP contribution in [0.5, 0.6) is 11.5 Å². The molecule has 0 aliphatic carbocycles. The van der Waals surface area contributed by atoms with Crippen molar-refractivity contribution in [3.8, 4) is 11.5 Å². The van der Waals surface area contributed by atoms with E-state index < -0.39 is 0 Å². The SMILES string of the molecule is [Zr].c1ccc(ONOc2ccccc2)cc1. The normalized spacial score (nSPS) is 9.00. The summed E-state index contributed by atoms with van der Waals surface area (Å²) >= 11 is 0. The van der Waals surface area contributed by atoms with Crippen molar-refractivity contribution >= 4 is 0 Å². The zero-order chi connectivity index (χ0) is 10.3. The van der Waals surface area contributed by atoms with Crippen LogP contribution in [0.25, 0.3) is 0 Å². The summed E-state index contributed by atoms with van der Waals surface area (Å²) in [6, 6.07) is 18.7. The molecule has 0 radical (unpaired) electrons. The van der Waals surface area contributed by atoms with Crippen molar-refractivity contribution in [2.75, 3.05) is 0 Å². The second-order valence-corrected chi connectivity index (χ2v) is 2.91. The topological polar surface area (TPSA) is 30.5 Å². The zero-order valence-electron chi connectivity index (χ0n) is 8.59. The van der Waals surface area contributed by atoms with Crippen molar-refractivity contribution in [1.29, 1.82) is 0 Å². The molecule has 0 saturated carbocycles. The van der Waals surface area contributed by atoms with Crippen LogP contribution in [0.2, 0.25) is 0 Å².